The van der Waals surface area contributed by atoms with Gasteiger partial charge in [-0.1, -0.05) is 12.1 Å². The Morgan fingerprint density at radius 2 is 2.19 bits per heavy atom. The molecular formula is C12H13FN2S. The van der Waals surface area contributed by atoms with Crippen molar-refractivity contribution in [2.75, 3.05) is 5.32 Å². The maximum Gasteiger partial charge on any atom is 0.146 e. The van der Waals surface area contributed by atoms with Crippen LogP contribution in [-0.4, -0.2) is 4.98 Å². The number of aromatic nitrogens is 1. The van der Waals surface area contributed by atoms with Gasteiger partial charge in [0, 0.05) is 11.1 Å². The molecule has 2 nitrogen and oxygen atoms in total. The van der Waals surface area contributed by atoms with Crippen molar-refractivity contribution in [3.05, 3.63) is 45.7 Å². The highest BCUT2D eigenvalue weighted by Crippen LogP contribution is 2.20. The molecule has 1 aromatic heterocycles. The standard InChI is InChI=1S/C12H13FN2S/c1-8-4-3-5-11(13)12(8)15-7-10-6-14-9(2)16-10/h3-6,15H,7H2,1-2H3. The summed E-state index contributed by atoms with van der Waals surface area (Å²) in [6.07, 6.45) is 1.82. The van der Waals surface area contributed by atoms with Gasteiger partial charge in [-0.3, -0.25) is 0 Å². The van der Waals surface area contributed by atoms with Gasteiger partial charge in [-0.25, -0.2) is 9.37 Å². The lowest BCUT2D eigenvalue weighted by molar-refractivity contribution is 0.629. The van der Waals surface area contributed by atoms with E-state index in [1.165, 1.54) is 6.07 Å². The summed E-state index contributed by atoms with van der Waals surface area (Å²) >= 11 is 1.62. The summed E-state index contributed by atoms with van der Waals surface area (Å²) < 4.78 is 13.5. The second kappa shape index (κ2) is 4.61. The molecule has 4 heteroatoms. The van der Waals surface area contributed by atoms with Crippen LogP contribution >= 0.6 is 11.3 Å². The van der Waals surface area contributed by atoms with Gasteiger partial charge < -0.3 is 5.32 Å². The number of anilines is 1. The predicted octanol–water partition coefficient (Wildman–Crippen LogP) is 3.51. The minimum atomic E-state index is -0.207. The van der Waals surface area contributed by atoms with Crippen molar-refractivity contribution in [2.24, 2.45) is 0 Å². The van der Waals surface area contributed by atoms with Gasteiger partial charge in [0.25, 0.3) is 0 Å². The topological polar surface area (TPSA) is 24.9 Å². The van der Waals surface area contributed by atoms with Crippen LogP contribution in [0.25, 0.3) is 0 Å². The summed E-state index contributed by atoms with van der Waals surface area (Å²) in [5.74, 6) is -0.207. The minimum absolute atomic E-state index is 0.207. The number of aryl methyl sites for hydroxylation is 2. The van der Waals surface area contributed by atoms with Crippen LogP contribution in [0, 0.1) is 19.7 Å². The lowest BCUT2D eigenvalue weighted by atomic mass is 10.2. The molecule has 0 spiro atoms. The Morgan fingerprint density at radius 1 is 1.38 bits per heavy atom. The molecule has 1 heterocycles. The number of halogens is 1. The Balaban J connectivity index is 2.10. The van der Waals surface area contributed by atoms with Crippen molar-refractivity contribution in [3.8, 4) is 0 Å². The fourth-order valence-corrected chi connectivity index (χ4v) is 2.25. The van der Waals surface area contributed by atoms with Crippen LogP contribution < -0.4 is 5.32 Å². The SMILES string of the molecule is Cc1ncc(CNc2c(C)cccc2F)s1. The molecule has 2 rings (SSSR count). The van der Waals surface area contributed by atoms with E-state index in [1.54, 1.807) is 17.4 Å². The summed E-state index contributed by atoms with van der Waals surface area (Å²) in [5, 5.41) is 4.14. The number of nitrogens with one attached hydrogen (secondary N) is 1. The number of thiazole rings is 1. The lowest BCUT2D eigenvalue weighted by Gasteiger charge is -2.08. The van der Waals surface area contributed by atoms with E-state index in [4.69, 9.17) is 0 Å². The minimum Gasteiger partial charge on any atom is -0.378 e. The Morgan fingerprint density at radius 3 is 2.81 bits per heavy atom. The molecule has 1 aromatic carbocycles. The fraction of sp³-hybridized carbons (Fsp3) is 0.250. The molecule has 0 saturated heterocycles. The Kier molecular flexibility index (Phi) is 3.19. The lowest BCUT2D eigenvalue weighted by Crippen LogP contribution is -2.01. The number of benzene rings is 1. The molecule has 0 amide bonds. The molecule has 0 bridgehead atoms. The average Bonchev–Trinajstić information content (AvgIpc) is 2.63. The third-order valence-corrected chi connectivity index (χ3v) is 3.24. The molecule has 0 atom stereocenters. The summed E-state index contributed by atoms with van der Waals surface area (Å²) in [7, 11) is 0. The van der Waals surface area contributed by atoms with Gasteiger partial charge in [0.15, 0.2) is 0 Å². The quantitative estimate of drug-likeness (QED) is 0.882. The van der Waals surface area contributed by atoms with Crippen LogP contribution in [0.3, 0.4) is 0 Å². The predicted molar refractivity (Wildman–Crippen MR) is 65.3 cm³/mol. The van der Waals surface area contributed by atoms with Crippen LogP contribution in [0.2, 0.25) is 0 Å². The molecule has 0 aliphatic carbocycles. The first-order chi connectivity index (χ1) is 7.66. The van der Waals surface area contributed by atoms with Crippen LogP contribution in [0.15, 0.2) is 24.4 Å². The van der Waals surface area contributed by atoms with Crippen LogP contribution in [0.1, 0.15) is 15.4 Å². The molecule has 0 unspecified atom stereocenters. The van der Waals surface area contributed by atoms with Crippen molar-refractivity contribution in [1.82, 2.24) is 4.98 Å². The second-order valence-corrected chi connectivity index (χ2v) is 4.95. The summed E-state index contributed by atoms with van der Waals surface area (Å²) in [4.78, 5) is 5.27. The van der Waals surface area contributed by atoms with E-state index in [2.05, 4.69) is 10.3 Å². The number of rotatable bonds is 3. The summed E-state index contributed by atoms with van der Waals surface area (Å²) in [6, 6.07) is 5.07. The van der Waals surface area contributed by atoms with Gasteiger partial charge in [0.2, 0.25) is 0 Å². The summed E-state index contributed by atoms with van der Waals surface area (Å²) in [6.45, 7) is 4.47. The number of hydrogen-bond donors (Lipinski definition) is 1. The molecule has 84 valence electrons. The number of nitrogens with zero attached hydrogens (tertiary/aromatic N) is 1. The van der Waals surface area contributed by atoms with Gasteiger partial charge in [-0.2, -0.15) is 0 Å². The molecule has 0 aliphatic heterocycles. The zero-order valence-electron chi connectivity index (χ0n) is 9.25. The first-order valence-corrected chi connectivity index (χ1v) is 5.89. The monoisotopic (exact) mass is 236 g/mol. The van der Waals surface area contributed by atoms with Gasteiger partial charge in [0.05, 0.1) is 17.2 Å². The molecule has 0 radical (unpaired) electrons. The first kappa shape index (κ1) is 11.1. The van der Waals surface area contributed by atoms with Crippen LogP contribution in [0.4, 0.5) is 10.1 Å². The Hall–Kier alpha value is -1.42. The average molecular weight is 236 g/mol. The number of para-hydroxylation sites is 1. The second-order valence-electron chi connectivity index (χ2n) is 3.63. The number of hydrogen-bond acceptors (Lipinski definition) is 3. The van der Waals surface area contributed by atoms with E-state index in [1.807, 2.05) is 26.1 Å². The van der Waals surface area contributed by atoms with Crippen molar-refractivity contribution >= 4 is 17.0 Å². The van der Waals surface area contributed by atoms with Gasteiger partial charge in [-0.15, -0.1) is 11.3 Å². The van der Waals surface area contributed by atoms with E-state index in [-0.39, 0.29) is 5.82 Å². The Bertz CT molecular complexity index is 473. The zero-order chi connectivity index (χ0) is 11.5. The van der Waals surface area contributed by atoms with Crippen molar-refractivity contribution < 1.29 is 4.39 Å². The molecule has 2 aromatic rings. The van der Waals surface area contributed by atoms with Crippen LogP contribution in [0.5, 0.6) is 0 Å². The van der Waals surface area contributed by atoms with E-state index in [9.17, 15) is 4.39 Å². The van der Waals surface area contributed by atoms with Gasteiger partial charge in [-0.05, 0) is 25.5 Å². The highest BCUT2D eigenvalue weighted by molar-refractivity contribution is 7.11. The molecule has 0 aliphatic rings. The molecule has 0 fully saturated rings. The molecule has 1 N–H and O–H groups in total. The van der Waals surface area contributed by atoms with E-state index in [0.29, 0.717) is 12.2 Å². The first-order valence-electron chi connectivity index (χ1n) is 5.07. The van der Waals surface area contributed by atoms with Crippen molar-refractivity contribution in [2.45, 2.75) is 20.4 Å². The zero-order valence-corrected chi connectivity index (χ0v) is 10.1. The van der Waals surface area contributed by atoms with E-state index >= 15 is 0 Å². The van der Waals surface area contributed by atoms with E-state index < -0.39 is 0 Å². The Labute approximate surface area is 98.2 Å². The molecular weight excluding hydrogens is 223 g/mol. The van der Waals surface area contributed by atoms with Crippen LogP contribution in [-0.2, 0) is 6.54 Å². The fourth-order valence-electron chi connectivity index (χ4n) is 1.52. The molecule has 0 saturated carbocycles. The van der Waals surface area contributed by atoms with Crippen molar-refractivity contribution in [3.63, 3.8) is 0 Å². The maximum absolute atomic E-state index is 13.5. The third kappa shape index (κ3) is 2.39. The third-order valence-electron chi connectivity index (χ3n) is 2.33. The largest absolute Gasteiger partial charge is 0.378 e. The molecule has 16 heavy (non-hydrogen) atoms. The highest BCUT2D eigenvalue weighted by Gasteiger charge is 2.05. The van der Waals surface area contributed by atoms with Gasteiger partial charge in [0.1, 0.15) is 5.82 Å². The smallest absolute Gasteiger partial charge is 0.146 e. The van der Waals surface area contributed by atoms with Gasteiger partial charge >= 0.3 is 0 Å². The van der Waals surface area contributed by atoms with Crippen molar-refractivity contribution in [1.29, 1.82) is 0 Å². The normalized spacial score (nSPS) is 10.4. The summed E-state index contributed by atoms with van der Waals surface area (Å²) in [5.41, 5.74) is 1.50. The highest BCUT2D eigenvalue weighted by atomic mass is 32.1. The van der Waals surface area contributed by atoms with E-state index in [0.717, 1.165) is 15.4 Å². The maximum atomic E-state index is 13.5.